The Morgan fingerprint density at radius 2 is 2.13 bits per heavy atom. The number of ether oxygens (including phenoxy) is 2. The molecule has 0 aliphatic rings. The third kappa shape index (κ3) is 1.86. The number of pyridine rings is 1. The van der Waals surface area contributed by atoms with E-state index in [-0.39, 0.29) is 0 Å². The van der Waals surface area contributed by atoms with E-state index in [0.717, 1.165) is 16.5 Å². The lowest BCUT2D eigenvalue weighted by molar-refractivity contribution is 0.331. The average Bonchev–Trinajstić information content (AvgIpc) is 2.29. The molecule has 1 aromatic carbocycles. The Labute approximate surface area is 88.7 Å². The zero-order valence-corrected chi connectivity index (χ0v) is 8.86. The maximum absolute atomic E-state index is 5.44. The fraction of sp³-hybridized carbons (Fsp3) is 0.250. The van der Waals surface area contributed by atoms with Crippen molar-refractivity contribution in [1.82, 2.24) is 4.98 Å². The minimum Gasteiger partial charge on any atom is -0.497 e. The number of nitrogens with zero attached hydrogens (tertiary/aromatic N) is 1. The highest BCUT2D eigenvalue weighted by molar-refractivity contribution is 5.87. The van der Waals surface area contributed by atoms with Crippen LogP contribution < -0.4 is 9.47 Å². The van der Waals surface area contributed by atoms with Gasteiger partial charge >= 0.3 is 0 Å². The maximum atomic E-state index is 5.44. The summed E-state index contributed by atoms with van der Waals surface area (Å²) in [5.74, 6) is 1.52. The lowest BCUT2D eigenvalue weighted by Gasteiger charge is -2.07. The van der Waals surface area contributed by atoms with Crippen molar-refractivity contribution < 1.29 is 9.47 Å². The molecule has 0 saturated heterocycles. The van der Waals surface area contributed by atoms with Crippen LogP contribution in [0.2, 0.25) is 0 Å². The SMILES string of the molecule is CCOc1nccc2cc(OC)ccc12. The fourth-order valence-corrected chi connectivity index (χ4v) is 1.51. The van der Waals surface area contributed by atoms with Gasteiger partial charge in [-0.2, -0.15) is 0 Å². The van der Waals surface area contributed by atoms with Crippen LogP contribution in [0.25, 0.3) is 10.8 Å². The first-order valence-electron chi connectivity index (χ1n) is 4.90. The van der Waals surface area contributed by atoms with Gasteiger partial charge in [0.05, 0.1) is 13.7 Å². The van der Waals surface area contributed by atoms with Crippen molar-refractivity contribution in [1.29, 1.82) is 0 Å². The number of hydrogen-bond acceptors (Lipinski definition) is 3. The van der Waals surface area contributed by atoms with Crippen LogP contribution in [0.1, 0.15) is 6.92 Å². The predicted molar refractivity (Wildman–Crippen MR) is 59.5 cm³/mol. The molecule has 0 amide bonds. The lowest BCUT2D eigenvalue weighted by Crippen LogP contribution is -1.95. The molecule has 3 nitrogen and oxygen atoms in total. The predicted octanol–water partition coefficient (Wildman–Crippen LogP) is 2.64. The van der Waals surface area contributed by atoms with Crippen molar-refractivity contribution in [2.75, 3.05) is 13.7 Å². The summed E-state index contributed by atoms with van der Waals surface area (Å²) in [6.07, 6.45) is 1.74. The summed E-state index contributed by atoms with van der Waals surface area (Å²) >= 11 is 0. The molecular formula is C12H13NO2. The highest BCUT2D eigenvalue weighted by atomic mass is 16.5. The molecule has 0 aliphatic carbocycles. The summed E-state index contributed by atoms with van der Waals surface area (Å²) < 4.78 is 10.6. The molecule has 0 spiro atoms. The third-order valence-corrected chi connectivity index (χ3v) is 2.22. The molecule has 2 rings (SSSR count). The van der Waals surface area contributed by atoms with Crippen molar-refractivity contribution >= 4 is 10.8 Å². The summed E-state index contributed by atoms with van der Waals surface area (Å²) in [5.41, 5.74) is 0. The van der Waals surface area contributed by atoms with Crippen molar-refractivity contribution in [3.8, 4) is 11.6 Å². The summed E-state index contributed by atoms with van der Waals surface area (Å²) in [7, 11) is 1.66. The van der Waals surface area contributed by atoms with E-state index in [1.165, 1.54) is 0 Å². The summed E-state index contributed by atoms with van der Waals surface area (Å²) in [6.45, 7) is 2.57. The van der Waals surface area contributed by atoms with Crippen molar-refractivity contribution in [2.45, 2.75) is 6.92 Å². The minimum atomic E-state index is 0.623. The lowest BCUT2D eigenvalue weighted by atomic mass is 10.1. The van der Waals surface area contributed by atoms with E-state index < -0.39 is 0 Å². The minimum absolute atomic E-state index is 0.623. The Bertz CT molecular complexity index is 468. The molecule has 0 aliphatic heterocycles. The van der Waals surface area contributed by atoms with Gasteiger partial charge in [0, 0.05) is 11.6 Å². The van der Waals surface area contributed by atoms with Crippen molar-refractivity contribution in [2.24, 2.45) is 0 Å². The highest BCUT2D eigenvalue weighted by Crippen LogP contribution is 2.26. The third-order valence-electron chi connectivity index (χ3n) is 2.22. The molecule has 0 fully saturated rings. The van der Waals surface area contributed by atoms with E-state index in [9.17, 15) is 0 Å². The second-order valence-corrected chi connectivity index (χ2v) is 3.14. The largest absolute Gasteiger partial charge is 0.497 e. The Balaban J connectivity index is 2.56. The van der Waals surface area contributed by atoms with Crippen LogP contribution in [0.15, 0.2) is 30.5 Å². The number of hydrogen-bond donors (Lipinski definition) is 0. The van der Waals surface area contributed by atoms with Crippen molar-refractivity contribution in [3.63, 3.8) is 0 Å². The van der Waals surface area contributed by atoms with E-state index in [4.69, 9.17) is 9.47 Å². The van der Waals surface area contributed by atoms with Crippen LogP contribution in [-0.4, -0.2) is 18.7 Å². The van der Waals surface area contributed by atoms with Crippen molar-refractivity contribution in [3.05, 3.63) is 30.5 Å². The van der Waals surface area contributed by atoms with Crippen LogP contribution in [0.4, 0.5) is 0 Å². The number of rotatable bonds is 3. The van der Waals surface area contributed by atoms with Gasteiger partial charge in [-0.3, -0.25) is 0 Å². The molecule has 0 saturated carbocycles. The van der Waals surface area contributed by atoms with Gasteiger partial charge in [0.2, 0.25) is 5.88 Å². The summed E-state index contributed by atoms with van der Waals surface area (Å²) in [4.78, 5) is 4.19. The summed E-state index contributed by atoms with van der Waals surface area (Å²) in [5, 5.41) is 2.09. The smallest absolute Gasteiger partial charge is 0.221 e. The van der Waals surface area contributed by atoms with Crippen LogP contribution in [0.5, 0.6) is 11.6 Å². The van der Waals surface area contributed by atoms with Crippen LogP contribution >= 0.6 is 0 Å². The Hall–Kier alpha value is -1.77. The number of fused-ring (bicyclic) bond motifs is 1. The second-order valence-electron chi connectivity index (χ2n) is 3.14. The van der Waals surface area contributed by atoms with Gasteiger partial charge in [0.15, 0.2) is 0 Å². The number of aromatic nitrogens is 1. The van der Waals surface area contributed by atoms with E-state index in [1.54, 1.807) is 13.3 Å². The van der Waals surface area contributed by atoms with Gasteiger partial charge in [-0.1, -0.05) is 0 Å². The molecule has 0 N–H and O–H groups in total. The normalized spacial score (nSPS) is 10.3. The van der Waals surface area contributed by atoms with E-state index >= 15 is 0 Å². The first-order chi connectivity index (χ1) is 7.35. The van der Waals surface area contributed by atoms with Gasteiger partial charge in [0.1, 0.15) is 5.75 Å². The van der Waals surface area contributed by atoms with Gasteiger partial charge in [0.25, 0.3) is 0 Å². The fourth-order valence-electron chi connectivity index (χ4n) is 1.51. The zero-order valence-electron chi connectivity index (χ0n) is 8.86. The van der Waals surface area contributed by atoms with Crippen LogP contribution in [0, 0.1) is 0 Å². The van der Waals surface area contributed by atoms with E-state index in [0.29, 0.717) is 12.5 Å². The Morgan fingerprint density at radius 1 is 1.27 bits per heavy atom. The molecule has 78 valence electrons. The monoisotopic (exact) mass is 203 g/mol. The molecule has 1 heterocycles. The van der Waals surface area contributed by atoms with Crippen LogP contribution in [0.3, 0.4) is 0 Å². The molecule has 2 aromatic rings. The highest BCUT2D eigenvalue weighted by Gasteiger charge is 2.03. The molecule has 3 heteroatoms. The summed E-state index contributed by atoms with van der Waals surface area (Å²) in [6, 6.07) is 7.79. The average molecular weight is 203 g/mol. The van der Waals surface area contributed by atoms with E-state index in [1.807, 2.05) is 31.2 Å². The molecule has 0 atom stereocenters. The number of methoxy groups -OCH3 is 1. The molecule has 0 unspecified atom stereocenters. The molecule has 15 heavy (non-hydrogen) atoms. The Morgan fingerprint density at radius 3 is 2.87 bits per heavy atom. The molecular weight excluding hydrogens is 190 g/mol. The molecule has 1 aromatic heterocycles. The van der Waals surface area contributed by atoms with Crippen LogP contribution in [-0.2, 0) is 0 Å². The molecule has 0 bridgehead atoms. The quantitative estimate of drug-likeness (QED) is 0.768. The first kappa shape index (κ1) is 9.77. The van der Waals surface area contributed by atoms with Gasteiger partial charge < -0.3 is 9.47 Å². The van der Waals surface area contributed by atoms with Gasteiger partial charge in [-0.05, 0) is 36.6 Å². The van der Waals surface area contributed by atoms with Gasteiger partial charge in [-0.15, -0.1) is 0 Å². The standard InChI is InChI=1S/C12H13NO2/c1-3-15-12-11-5-4-10(14-2)8-9(11)6-7-13-12/h4-8H,3H2,1-2H3. The van der Waals surface area contributed by atoms with E-state index in [2.05, 4.69) is 4.98 Å². The van der Waals surface area contributed by atoms with Gasteiger partial charge in [-0.25, -0.2) is 4.98 Å². The second kappa shape index (κ2) is 4.17. The topological polar surface area (TPSA) is 31.4 Å². The molecule has 0 radical (unpaired) electrons. The maximum Gasteiger partial charge on any atom is 0.221 e. The zero-order chi connectivity index (χ0) is 10.7. The number of benzene rings is 1. The first-order valence-corrected chi connectivity index (χ1v) is 4.90. The Kier molecular flexibility index (Phi) is 2.72.